The number of hydrogen-bond donors (Lipinski definition) is 1. The third-order valence-electron chi connectivity index (χ3n) is 4.87. The maximum absolute atomic E-state index is 12.3. The lowest BCUT2D eigenvalue weighted by Gasteiger charge is -2.28. The van der Waals surface area contributed by atoms with Crippen LogP contribution < -0.4 is 10.2 Å². The molecule has 7 heteroatoms. The van der Waals surface area contributed by atoms with E-state index in [4.69, 9.17) is 9.26 Å². The van der Waals surface area contributed by atoms with Crippen LogP contribution >= 0.6 is 0 Å². The molecule has 0 radical (unpaired) electrons. The maximum Gasteiger partial charge on any atom is 0.227 e. The summed E-state index contributed by atoms with van der Waals surface area (Å²) >= 11 is 0. The molecular formula is C22H24N4O3. The van der Waals surface area contributed by atoms with E-state index >= 15 is 0 Å². The molecule has 7 nitrogen and oxygen atoms in total. The molecular weight excluding hydrogens is 368 g/mol. The predicted octanol–water partition coefficient (Wildman–Crippen LogP) is 3.45. The van der Waals surface area contributed by atoms with E-state index in [1.165, 1.54) is 5.56 Å². The van der Waals surface area contributed by atoms with Gasteiger partial charge in [-0.05, 0) is 31.2 Å². The first kappa shape index (κ1) is 19.1. The molecule has 4 rings (SSSR count). The van der Waals surface area contributed by atoms with Gasteiger partial charge in [-0.3, -0.25) is 4.79 Å². The van der Waals surface area contributed by atoms with Crippen molar-refractivity contribution in [2.24, 2.45) is 0 Å². The van der Waals surface area contributed by atoms with Crippen LogP contribution in [0.1, 0.15) is 17.9 Å². The lowest BCUT2D eigenvalue weighted by molar-refractivity contribution is -0.116. The lowest BCUT2D eigenvalue weighted by atomic mass is 10.1. The van der Waals surface area contributed by atoms with Gasteiger partial charge in [0.15, 0.2) is 0 Å². The fraction of sp³-hybridized carbons (Fsp3) is 0.318. The minimum atomic E-state index is -0.0841. The summed E-state index contributed by atoms with van der Waals surface area (Å²) in [5.41, 5.74) is 3.99. The molecule has 0 saturated carbocycles. The monoisotopic (exact) mass is 392 g/mol. The van der Waals surface area contributed by atoms with Crippen molar-refractivity contribution in [1.82, 2.24) is 10.1 Å². The first-order valence-corrected chi connectivity index (χ1v) is 9.79. The van der Waals surface area contributed by atoms with Crippen LogP contribution in [-0.2, 0) is 16.0 Å². The van der Waals surface area contributed by atoms with Gasteiger partial charge in [-0.2, -0.15) is 4.98 Å². The van der Waals surface area contributed by atoms with Gasteiger partial charge in [0, 0.05) is 42.9 Å². The first-order chi connectivity index (χ1) is 14.2. The summed E-state index contributed by atoms with van der Waals surface area (Å²) in [7, 11) is 0. The Bertz CT molecular complexity index is 945. The van der Waals surface area contributed by atoms with Gasteiger partial charge in [0.25, 0.3) is 0 Å². The smallest absolute Gasteiger partial charge is 0.227 e. The first-order valence-electron chi connectivity index (χ1n) is 9.79. The van der Waals surface area contributed by atoms with Gasteiger partial charge in [0.1, 0.15) is 0 Å². The summed E-state index contributed by atoms with van der Waals surface area (Å²) in [6.45, 7) is 5.31. The number of nitrogens with one attached hydrogen (secondary N) is 1. The van der Waals surface area contributed by atoms with Gasteiger partial charge in [-0.15, -0.1) is 0 Å². The molecule has 0 bridgehead atoms. The molecule has 2 aromatic carbocycles. The standard InChI is InChI=1S/C22H24N4O3/c1-16-2-4-17(5-3-16)22-24-21(29-25-22)11-10-20(27)23-18-6-8-19(9-7-18)26-12-14-28-15-13-26/h2-9H,10-15H2,1H3,(H,23,27). The Labute approximate surface area is 169 Å². The average molecular weight is 392 g/mol. The molecule has 0 unspecified atom stereocenters. The molecule has 1 aromatic heterocycles. The van der Waals surface area contributed by atoms with E-state index < -0.39 is 0 Å². The van der Waals surface area contributed by atoms with Crippen molar-refractivity contribution in [3.8, 4) is 11.4 Å². The summed E-state index contributed by atoms with van der Waals surface area (Å²) < 4.78 is 10.7. The van der Waals surface area contributed by atoms with Crippen LogP contribution in [0.25, 0.3) is 11.4 Å². The summed E-state index contributed by atoms with van der Waals surface area (Å²) in [5, 5.41) is 6.92. The van der Waals surface area contributed by atoms with Crippen LogP contribution in [0.2, 0.25) is 0 Å². The van der Waals surface area contributed by atoms with E-state index in [0.717, 1.165) is 43.2 Å². The van der Waals surface area contributed by atoms with Crippen LogP contribution in [-0.4, -0.2) is 42.4 Å². The van der Waals surface area contributed by atoms with Crippen molar-refractivity contribution >= 4 is 17.3 Å². The van der Waals surface area contributed by atoms with E-state index in [9.17, 15) is 4.79 Å². The van der Waals surface area contributed by atoms with Crippen LogP contribution in [0.3, 0.4) is 0 Å². The molecule has 150 valence electrons. The van der Waals surface area contributed by atoms with E-state index in [1.807, 2.05) is 55.5 Å². The topological polar surface area (TPSA) is 80.5 Å². The maximum atomic E-state index is 12.3. The molecule has 0 spiro atoms. The fourth-order valence-electron chi connectivity index (χ4n) is 3.20. The van der Waals surface area contributed by atoms with Crippen molar-refractivity contribution in [1.29, 1.82) is 0 Å². The van der Waals surface area contributed by atoms with E-state index in [1.54, 1.807) is 0 Å². The zero-order valence-electron chi connectivity index (χ0n) is 16.4. The number of aryl methyl sites for hydroxylation is 2. The molecule has 0 aliphatic carbocycles. The number of carbonyl (C=O) groups excluding carboxylic acids is 1. The van der Waals surface area contributed by atoms with Crippen molar-refractivity contribution in [2.45, 2.75) is 19.8 Å². The normalized spacial score (nSPS) is 14.0. The van der Waals surface area contributed by atoms with Crippen molar-refractivity contribution in [2.75, 3.05) is 36.5 Å². The van der Waals surface area contributed by atoms with Crippen LogP contribution in [0.5, 0.6) is 0 Å². The number of carbonyl (C=O) groups is 1. The Hall–Kier alpha value is -3.19. The third kappa shape index (κ3) is 5.00. The number of morpholine rings is 1. The summed E-state index contributed by atoms with van der Waals surface area (Å²) in [5.74, 6) is 0.914. The number of anilines is 2. The quantitative estimate of drug-likeness (QED) is 0.692. The third-order valence-corrected chi connectivity index (χ3v) is 4.87. The Morgan fingerprint density at radius 1 is 1.07 bits per heavy atom. The molecule has 0 atom stereocenters. The van der Waals surface area contributed by atoms with Gasteiger partial charge in [-0.1, -0.05) is 35.0 Å². The second-order valence-corrected chi connectivity index (χ2v) is 7.07. The summed E-state index contributed by atoms with van der Waals surface area (Å²) in [4.78, 5) is 18.9. The van der Waals surface area contributed by atoms with Crippen LogP contribution in [0.15, 0.2) is 53.1 Å². The molecule has 1 aliphatic rings. The van der Waals surface area contributed by atoms with Gasteiger partial charge in [0.05, 0.1) is 13.2 Å². The molecule has 1 N–H and O–H groups in total. The minimum absolute atomic E-state index is 0.0841. The van der Waals surface area contributed by atoms with E-state index in [2.05, 4.69) is 20.4 Å². The highest BCUT2D eigenvalue weighted by atomic mass is 16.5. The molecule has 29 heavy (non-hydrogen) atoms. The highest BCUT2D eigenvalue weighted by molar-refractivity contribution is 5.90. The van der Waals surface area contributed by atoms with Crippen LogP contribution in [0.4, 0.5) is 11.4 Å². The summed E-state index contributed by atoms with van der Waals surface area (Å²) in [6.07, 6.45) is 0.678. The number of aromatic nitrogens is 2. The summed E-state index contributed by atoms with van der Waals surface area (Å²) in [6, 6.07) is 15.8. The number of ether oxygens (including phenoxy) is 1. The highest BCUT2D eigenvalue weighted by Crippen LogP contribution is 2.20. The zero-order valence-corrected chi connectivity index (χ0v) is 16.4. The van der Waals surface area contributed by atoms with Gasteiger partial charge in [0.2, 0.25) is 17.6 Å². The van der Waals surface area contributed by atoms with Crippen molar-refractivity contribution in [3.05, 3.63) is 60.0 Å². The number of amides is 1. The minimum Gasteiger partial charge on any atom is -0.378 e. The number of hydrogen-bond acceptors (Lipinski definition) is 6. The second-order valence-electron chi connectivity index (χ2n) is 7.07. The number of nitrogens with zero attached hydrogens (tertiary/aromatic N) is 3. The van der Waals surface area contributed by atoms with Gasteiger partial charge < -0.3 is 19.5 Å². The average Bonchev–Trinajstić information content (AvgIpc) is 3.23. The van der Waals surface area contributed by atoms with Crippen LogP contribution in [0, 0.1) is 6.92 Å². The van der Waals surface area contributed by atoms with E-state index in [0.29, 0.717) is 18.1 Å². The SMILES string of the molecule is Cc1ccc(-c2noc(CCC(=O)Nc3ccc(N4CCOCC4)cc3)n2)cc1. The Kier molecular flexibility index (Phi) is 5.86. The fourth-order valence-corrected chi connectivity index (χ4v) is 3.20. The molecule has 2 heterocycles. The Morgan fingerprint density at radius 2 is 1.79 bits per heavy atom. The van der Waals surface area contributed by atoms with E-state index in [-0.39, 0.29) is 12.3 Å². The number of rotatable bonds is 6. The second kappa shape index (κ2) is 8.87. The largest absolute Gasteiger partial charge is 0.378 e. The molecule has 1 fully saturated rings. The Morgan fingerprint density at radius 3 is 2.52 bits per heavy atom. The van der Waals surface area contributed by atoms with Crippen molar-refractivity contribution < 1.29 is 14.1 Å². The lowest BCUT2D eigenvalue weighted by Crippen LogP contribution is -2.36. The van der Waals surface area contributed by atoms with Gasteiger partial charge >= 0.3 is 0 Å². The van der Waals surface area contributed by atoms with Gasteiger partial charge in [-0.25, -0.2) is 0 Å². The Balaban J connectivity index is 1.28. The number of benzene rings is 2. The molecule has 3 aromatic rings. The molecule has 1 aliphatic heterocycles. The predicted molar refractivity (Wildman–Crippen MR) is 111 cm³/mol. The van der Waals surface area contributed by atoms with Crippen molar-refractivity contribution in [3.63, 3.8) is 0 Å². The zero-order chi connectivity index (χ0) is 20.1. The molecule has 1 amide bonds. The molecule has 1 saturated heterocycles. The highest BCUT2D eigenvalue weighted by Gasteiger charge is 2.13.